The number of hydrogen-bond acceptors (Lipinski definition) is 7. The lowest BCUT2D eigenvalue weighted by Gasteiger charge is -2.28. The molecule has 1 aliphatic rings. The molecular weight excluding hydrogens is 370 g/mol. The molecule has 1 aromatic rings. The van der Waals surface area contributed by atoms with Gasteiger partial charge in [-0.25, -0.2) is 9.18 Å². The topological polar surface area (TPSA) is 99.1 Å². The highest BCUT2D eigenvalue weighted by Gasteiger charge is 2.38. The molecule has 1 aliphatic heterocycles. The summed E-state index contributed by atoms with van der Waals surface area (Å²) in [6.45, 7) is 6.03. The van der Waals surface area contributed by atoms with E-state index in [0.717, 1.165) is 6.07 Å². The maximum Gasteiger partial charge on any atom is 0.526 e. The first-order valence-corrected chi connectivity index (χ1v) is 9.06. The summed E-state index contributed by atoms with van der Waals surface area (Å²) < 4.78 is 29.2. The largest absolute Gasteiger partial charge is 0.535 e. The summed E-state index contributed by atoms with van der Waals surface area (Å²) in [5, 5.41) is 10.2. The number of esters is 2. The number of benzene rings is 1. The van der Waals surface area contributed by atoms with Gasteiger partial charge in [0.05, 0.1) is 5.41 Å². The molecule has 1 N–H and O–H groups in total. The van der Waals surface area contributed by atoms with Crippen molar-refractivity contribution in [2.45, 2.75) is 52.8 Å². The molecule has 1 heterocycles. The van der Waals surface area contributed by atoms with Crippen LogP contribution in [0.1, 0.15) is 56.5 Å². The summed E-state index contributed by atoms with van der Waals surface area (Å²) in [6, 6.07) is 2.12. The van der Waals surface area contributed by atoms with E-state index in [1.807, 2.05) is 0 Å². The SMILES string of the molecule is CCC(=O)C[C@H]1Cc2cc(F)cc(C(=O)OCOC(=O)C(C)(C)C)c2OB1O. The Labute approximate surface area is 163 Å². The Morgan fingerprint density at radius 1 is 1.29 bits per heavy atom. The van der Waals surface area contributed by atoms with E-state index < -0.39 is 42.9 Å². The average Bonchev–Trinajstić information content (AvgIpc) is 2.60. The van der Waals surface area contributed by atoms with Crippen molar-refractivity contribution >= 4 is 24.8 Å². The Kier molecular flexibility index (Phi) is 6.82. The molecule has 0 spiro atoms. The molecule has 0 fully saturated rings. The van der Waals surface area contributed by atoms with Crippen LogP contribution in [0, 0.1) is 11.2 Å². The van der Waals surface area contributed by atoms with E-state index in [0.29, 0.717) is 12.0 Å². The zero-order valence-corrected chi connectivity index (χ0v) is 16.4. The van der Waals surface area contributed by atoms with Crippen molar-refractivity contribution in [2.24, 2.45) is 5.41 Å². The zero-order valence-electron chi connectivity index (χ0n) is 16.4. The molecular formula is C19H24BFO7. The van der Waals surface area contributed by atoms with E-state index in [-0.39, 0.29) is 29.9 Å². The third-order valence-corrected chi connectivity index (χ3v) is 4.35. The van der Waals surface area contributed by atoms with E-state index >= 15 is 0 Å². The summed E-state index contributed by atoms with van der Waals surface area (Å²) in [5.41, 5.74) is -0.623. The predicted octanol–water partition coefficient (Wildman–Crippen LogP) is 2.68. The van der Waals surface area contributed by atoms with Crippen molar-refractivity contribution in [1.82, 2.24) is 0 Å². The van der Waals surface area contributed by atoms with Crippen LogP contribution in [-0.2, 0) is 25.5 Å². The van der Waals surface area contributed by atoms with Gasteiger partial charge in [0.1, 0.15) is 22.9 Å². The van der Waals surface area contributed by atoms with Crippen LogP contribution >= 0.6 is 0 Å². The second-order valence-electron chi connectivity index (χ2n) is 7.74. The summed E-state index contributed by atoms with van der Waals surface area (Å²) in [7, 11) is -1.31. The van der Waals surface area contributed by atoms with Gasteiger partial charge in [-0.1, -0.05) is 6.92 Å². The second-order valence-corrected chi connectivity index (χ2v) is 7.74. The number of halogens is 1. The molecule has 1 aromatic carbocycles. The van der Waals surface area contributed by atoms with Gasteiger partial charge in [-0.2, -0.15) is 0 Å². The fourth-order valence-corrected chi connectivity index (χ4v) is 2.73. The van der Waals surface area contributed by atoms with E-state index in [9.17, 15) is 23.8 Å². The number of hydrogen-bond donors (Lipinski definition) is 1. The van der Waals surface area contributed by atoms with Gasteiger partial charge in [0, 0.05) is 18.7 Å². The van der Waals surface area contributed by atoms with Crippen molar-refractivity contribution in [3.8, 4) is 5.75 Å². The first kappa shape index (κ1) is 21.9. The van der Waals surface area contributed by atoms with Crippen molar-refractivity contribution in [2.75, 3.05) is 6.79 Å². The van der Waals surface area contributed by atoms with Crippen LogP contribution in [0.25, 0.3) is 0 Å². The Hall–Kier alpha value is -2.42. The molecule has 152 valence electrons. The number of Topliss-reactive ketones (excluding diaryl/α,β-unsaturated/α-hetero) is 1. The minimum absolute atomic E-state index is 0.00115. The number of carbonyl (C=O) groups is 3. The van der Waals surface area contributed by atoms with Crippen molar-refractivity contribution in [1.29, 1.82) is 0 Å². The molecule has 0 aliphatic carbocycles. The van der Waals surface area contributed by atoms with Crippen LogP contribution in [0.15, 0.2) is 12.1 Å². The van der Waals surface area contributed by atoms with Gasteiger partial charge in [0.2, 0.25) is 6.79 Å². The van der Waals surface area contributed by atoms with Crippen LogP contribution < -0.4 is 4.65 Å². The molecule has 0 radical (unpaired) electrons. The van der Waals surface area contributed by atoms with Gasteiger partial charge < -0.3 is 19.2 Å². The lowest BCUT2D eigenvalue weighted by molar-refractivity contribution is -0.161. The van der Waals surface area contributed by atoms with Crippen molar-refractivity contribution in [3.05, 3.63) is 29.1 Å². The van der Waals surface area contributed by atoms with E-state index in [1.54, 1.807) is 27.7 Å². The summed E-state index contributed by atoms with van der Waals surface area (Å²) >= 11 is 0. The molecule has 0 aromatic heterocycles. The van der Waals surface area contributed by atoms with E-state index in [2.05, 4.69) is 0 Å². The molecule has 0 saturated heterocycles. The minimum atomic E-state index is -1.31. The molecule has 0 bridgehead atoms. The van der Waals surface area contributed by atoms with Gasteiger partial charge in [0.15, 0.2) is 0 Å². The highest BCUT2D eigenvalue weighted by atomic mass is 19.1. The lowest BCUT2D eigenvalue weighted by Crippen LogP contribution is -2.36. The number of rotatable bonds is 6. The monoisotopic (exact) mass is 394 g/mol. The predicted molar refractivity (Wildman–Crippen MR) is 98.2 cm³/mol. The number of carbonyl (C=O) groups excluding carboxylic acids is 3. The zero-order chi connectivity index (χ0) is 21.1. The van der Waals surface area contributed by atoms with E-state index in [1.165, 1.54) is 6.07 Å². The Morgan fingerprint density at radius 3 is 2.57 bits per heavy atom. The van der Waals surface area contributed by atoms with Crippen molar-refractivity contribution in [3.63, 3.8) is 0 Å². The molecule has 28 heavy (non-hydrogen) atoms. The summed E-state index contributed by atoms with van der Waals surface area (Å²) in [4.78, 5) is 35.7. The molecule has 2 rings (SSSR count). The van der Waals surface area contributed by atoms with Crippen LogP contribution in [0.4, 0.5) is 4.39 Å². The second kappa shape index (κ2) is 8.73. The average molecular weight is 394 g/mol. The Balaban J connectivity index is 2.14. The highest BCUT2D eigenvalue weighted by Crippen LogP contribution is 2.37. The molecule has 0 unspecified atom stereocenters. The fraction of sp³-hybridized carbons (Fsp3) is 0.526. The van der Waals surface area contributed by atoms with Crippen LogP contribution in [0.5, 0.6) is 5.75 Å². The van der Waals surface area contributed by atoms with Gasteiger partial charge >= 0.3 is 19.1 Å². The van der Waals surface area contributed by atoms with Crippen LogP contribution in [-0.4, -0.2) is 36.7 Å². The first-order valence-electron chi connectivity index (χ1n) is 9.06. The Morgan fingerprint density at radius 2 is 1.96 bits per heavy atom. The highest BCUT2D eigenvalue weighted by molar-refractivity contribution is 6.47. The summed E-state index contributed by atoms with van der Waals surface area (Å²) in [5.74, 6) is -2.77. The molecule has 0 amide bonds. The van der Waals surface area contributed by atoms with E-state index in [4.69, 9.17) is 14.1 Å². The molecule has 7 nitrogen and oxygen atoms in total. The standard InChI is InChI=1S/C19H24BFO7/c1-5-14(22)8-12-6-11-7-13(21)9-15(16(11)28-20(12)25)17(23)26-10-27-18(24)19(2,3)4/h7,9,12,25H,5-6,8,10H2,1-4H3/t12-/m1/s1. The smallest absolute Gasteiger partial charge is 0.526 e. The third-order valence-electron chi connectivity index (χ3n) is 4.35. The van der Waals surface area contributed by atoms with Gasteiger partial charge in [0.25, 0.3) is 0 Å². The van der Waals surface area contributed by atoms with Crippen LogP contribution in [0.2, 0.25) is 5.82 Å². The normalized spacial score (nSPS) is 16.1. The summed E-state index contributed by atoms with van der Waals surface area (Å²) in [6.07, 6.45) is 0.597. The third kappa shape index (κ3) is 5.31. The molecule has 0 saturated carbocycles. The minimum Gasteiger partial charge on any atom is -0.535 e. The van der Waals surface area contributed by atoms with Crippen molar-refractivity contribution < 1.29 is 37.9 Å². The fourth-order valence-electron chi connectivity index (χ4n) is 2.73. The number of ether oxygens (including phenoxy) is 2. The number of ketones is 1. The van der Waals surface area contributed by atoms with Gasteiger partial charge in [-0.3, -0.25) is 9.59 Å². The molecule has 9 heteroatoms. The van der Waals surface area contributed by atoms with Gasteiger partial charge in [-0.05, 0) is 44.9 Å². The maximum absolute atomic E-state index is 14.0. The quantitative estimate of drug-likeness (QED) is 0.450. The lowest BCUT2D eigenvalue weighted by atomic mass is 9.64. The maximum atomic E-state index is 14.0. The molecule has 1 atom stereocenters. The Bertz CT molecular complexity index is 772. The number of fused-ring (bicyclic) bond motifs is 1. The first-order chi connectivity index (χ1) is 13.0. The van der Waals surface area contributed by atoms with Crippen LogP contribution in [0.3, 0.4) is 0 Å². The van der Waals surface area contributed by atoms with Gasteiger partial charge in [-0.15, -0.1) is 0 Å².